The first-order valence-corrected chi connectivity index (χ1v) is 10.1. The first-order valence-electron chi connectivity index (χ1n) is 10.1. The molecule has 0 bridgehead atoms. The van der Waals surface area contributed by atoms with Crippen LogP contribution in [0.1, 0.15) is 32.3 Å². The standard InChI is InChI=1S/C18H30N2O2.C4H4O4/c1-14(2)12-20(16-5-7-19-8-6-16)13-15-9-17(21-3)11-18(10-15)22-4;5-3(6)1-2-4(7)8/h9-11,14,16,19H,5-8,12-13H2,1-4H3;1-2H,(H,5,6)(H,7,8)/b;2-1+. The average molecular weight is 423 g/mol. The van der Waals surface area contributed by atoms with Crippen molar-refractivity contribution in [3.05, 3.63) is 35.9 Å². The smallest absolute Gasteiger partial charge is 0.328 e. The molecular formula is C22H34N2O6. The van der Waals surface area contributed by atoms with E-state index >= 15 is 0 Å². The Balaban J connectivity index is 0.000000479. The maximum absolute atomic E-state index is 9.55. The van der Waals surface area contributed by atoms with Crippen molar-refractivity contribution in [1.29, 1.82) is 0 Å². The zero-order valence-electron chi connectivity index (χ0n) is 18.3. The fourth-order valence-electron chi connectivity index (χ4n) is 3.32. The van der Waals surface area contributed by atoms with Gasteiger partial charge < -0.3 is 25.0 Å². The Bertz CT molecular complexity index is 661. The highest BCUT2D eigenvalue weighted by Gasteiger charge is 2.22. The van der Waals surface area contributed by atoms with Crippen LogP contribution in [-0.4, -0.2) is 66.9 Å². The molecule has 3 N–H and O–H groups in total. The van der Waals surface area contributed by atoms with E-state index in [1.165, 1.54) is 18.4 Å². The molecule has 1 heterocycles. The lowest BCUT2D eigenvalue weighted by Crippen LogP contribution is -2.44. The highest BCUT2D eigenvalue weighted by molar-refractivity contribution is 5.89. The van der Waals surface area contributed by atoms with Gasteiger partial charge in [-0.3, -0.25) is 4.90 Å². The predicted molar refractivity (Wildman–Crippen MR) is 115 cm³/mol. The summed E-state index contributed by atoms with van der Waals surface area (Å²) >= 11 is 0. The van der Waals surface area contributed by atoms with Gasteiger partial charge in [-0.25, -0.2) is 9.59 Å². The number of carbonyl (C=O) groups is 2. The maximum Gasteiger partial charge on any atom is 0.328 e. The Kier molecular flexibility index (Phi) is 11.5. The summed E-state index contributed by atoms with van der Waals surface area (Å²) in [6.45, 7) is 8.92. The largest absolute Gasteiger partial charge is 0.497 e. The van der Waals surface area contributed by atoms with Gasteiger partial charge in [-0.05, 0) is 49.5 Å². The summed E-state index contributed by atoms with van der Waals surface area (Å²) in [5, 5.41) is 19.1. The van der Waals surface area contributed by atoms with E-state index in [9.17, 15) is 9.59 Å². The van der Waals surface area contributed by atoms with Gasteiger partial charge in [0.25, 0.3) is 0 Å². The van der Waals surface area contributed by atoms with Crippen molar-refractivity contribution in [2.75, 3.05) is 33.9 Å². The zero-order chi connectivity index (χ0) is 22.5. The molecule has 0 atom stereocenters. The molecule has 0 saturated carbocycles. The highest BCUT2D eigenvalue weighted by Crippen LogP contribution is 2.25. The Morgan fingerprint density at radius 1 is 1.07 bits per heavy atom. The Morgan fingerprint density at radius 3 is 1.97 bits per heavy atom. The lowest BCUT2D eigenvalue weighted by molar-refractivity contribution is -0.134. The second kappa shape index (κ2) is 13.6. The molecule has 30 heavy (non-hydrogen) atoms. The number of methoxy groups -OCH3 is 2. The summed E-state index contributed by atoms with van der Waals surface area (Å²) in [7, 11) is 3.41. The molecule has 8 heteroatoms. The molecule has 1 aliphatic rings. The summed E-state index contributed by atoms with van der Waals surface area (Å²) in [5.74, 6) is -0.115. The third-order valence-electron chi connectivity index (χ3n) is 4.59. The average Bonchev–Trinajstić information content (AvgIpc) is 2.72. The van der Waals surface area contributed by atoms with E-state index in [4.69, 9.17) is 19.7 Å². The van der Waals surface area contributed by atoms with E-state index in [1.54, 1.807) is 14.2 Å². The summed E-state index contributed by atoms with van der Waals surface area (Å²) < 4.78 is 10.8. The van der Waals surface area contributed by atoms with Gasteiger partial charge in [0.05, 0.1) is 14.2 Å². The molecule has 2 rings (SSSR count). The van der Waals surface area contributed by atoms with Crippen molar-refractivity contribution in [2.45, 2.75) is 39.3 Å². The first kappa shape index (κ1) is 25.5. The van der Waals surface area contributed by atoms with Gasteiger partial charge in [0, 0.05) is 37.3 Å². The van der Waals surface area contributed by atoms with Crippen LogP contribution in [0.2, 0.25) is 0 Å². The van der Waals surface area contributed by atoms with Gasteiger partial charge in [0.15, 0.2) is 0 Å². The maximum atomic E-state index is 9.55. The van der Waals surface area contributed by atoms with Gasteiger partial charge in [-0.1, -0.05) is 13.8 Å². The van der Waals surface area contributed by atoms with Gasteiger partial charge in [-0.15, -0.1) is 0 Å². The van der Waals surface area contributed by atoms with Crippen molar-refractivity contribution >= 4 is 11.9 Å². The van der Waals surface area contributed by atoms with Crippen LogP contribution in [-0.2, 0) is 16.1 Å². The SMILES string of the molecule is COc1cc(CN(CC(C)C)C2CCNCC2)cc(OC)c1.O=C(O)/C=C/C(=O)O. The van der Waals surface area contributed by atoms with Crippen LogP contribution in [0.3, 0.4) is 0 Å². The van der Waals surface area contributed by atoms with Gasteiger partial charge >= 0.3 is 11.9 Å². The number of ether oxygens (including phenoxy) is 2. The molecule has 8 nitrogen and oxygen atoms in total. The number of aliphatic carboxylic acids is 2. The molecular weight excluding hydrogens is 388 g/mol. The van der Waals surface area contributed by atoms with Crippen LogP contribution in [0.4, 0.5) is 0 Å². The lowest BCUT2D eigenvalue weighted by Gasteiger charge is -2.36. The molecule has 1 aromatic rings. The summed E-state index contributed by atoms with van der Waals surface area (Å²) in [4.78, 5) is 21.7. The number of carboxylic acids is 2. The molecule has 1 aliphatic heterocycles. The van der Waals surface area contributed by atoms with Crippen LogP contribution >= 0.6 is 0 Å². The van der Waals surface area contributed by atoms with Crippen LogP contribution in [0.5, 0.6) is 11.5 Å². The molecule has 0 aromatic heterocycles. The molecule has 0 radical (unpaired) electrons. The van der Waals surface area contributed by atoms with Gasteiger partial charge in [0.2, 0.25) is 0 Å². The number of piperidine rings is 1. The molecule has 1 fully saturated rings. The van der Waals surface area contributed by atoms with Gasteiger partial charge in [0.1, 0.15) is 11.5 Å². The first-order chi connectivity index (χ1) is 14.2. The number of hydrogen-bond acceptors (Lipinski definition) is 6. The highest BCUT2D eigenvalue weighted by atomic mass is 16.5. The summed E-state index contributed by atoms with van der Waals surface area (Å²) in [5.41, 5.74) is 1.26. The van der Waals surface area contributed by atoms with Crippen LogP contribution in [0, 0.1) is 5.92 Å². The third-order valence-corrected chi connectivity index (χ3v) is 4.59. The van der Waals surface area contributed by atoms with E-state index in [0.29, 0.717) is 24.1 Å². The third kappa shape index (κ3) is 10.3. The minimum atomic E-state index is -1.26. The van der Waals surface area contributed by atoms with E-state index in [1.807, 2.05) is 6.07 Å². The number of carboxylic acid groups (broad SMARTS) is 2. The van der Waals surface area contributed by atoms with Crippen molar-refractivity contribution < 1.29 is 29.3 Å². The van der Waals surface area contributed by atoms with E-state index in [0.717, 1.165) is 37.7 Å². The predicted octanol–water partition coefficient (Wildman–Crippen LogP) is 2.63. The molecule has 0 unspecified atom stereocenters. The second-order valence-corrected chi connectivity index (χ2v) is 7.54. The van der Waals surface area contributed by atoms with E-state index < -0.39 is 11.9 Å². The summed E-state index contributed by atoms with van der Waals surface area (Å²) in [6, 6.07) is 6.84. The topological polar surface area (TPSA) is 108 Å². The number of rotatable bonds is 9. The molecule has 1 saturated heterocycles. The van der Waals surface area contributed by atoms with Crippen molar-refractivity contribution in [1.82, 2.24) is 10.2 Å². The minimum absolute atomic E-state index is 0.558. The normalized spacial score (nSPS) is 14.5. The van der Waals surface area contributed by atoms with E-state index in [2.05, 4.69) is 36.2 Å². The second-order valence-electron chi connectivity index (χ2n) is 7.54. The molecule has 168 valence electrons. The molecule has 0 spiro atoms. The fourth-order valence-corrected chi connectivity index (χ4v) is 3.32. The molecule has 1 aromatic carbocycles. The van der Waals surface area contributed by atoms with Crippen molar-refractivity contribution in [3.63, 3.8) is 0 Å². The number of hydrogen-bond donors (Lipinski definition) is 3. The monoisotopic (exact) mass is 422 g/mol. The number of nitrogens with one attached hydrogen (secondary N) is 1. The van der Waals surface area contributed by atoms with E-state index in [-0.39, 0.29) is 0 Å². The lowest BCUT2D eigenvalue weighted by atomic mass is 10.0. The van der Waals surface area contributed by atoms with Crippen molar-refractivity contribution in [3.8, 4) is 11.5 Å². The Hall–Kier alpha value is -2.58. The van der Waals surface area contributed by atoms with Crippen LogP contribution in [0.25, 0.3) is 0 Å². The van der Waals surface area contributed by atoms with Crippen LogP contribution < -0.4 is 14.8 Å². The van der Waals surface area contributed by atoms with Crippen LogP contribution in [0.15, 0.2) is 30.4 Å². The zero-order valence-corrected chi connectivity index (χ0v) is 18.3. The quantitative estimate of drug-likeness (QED) is 0.521. The Labute approximate surface area is 178 Å². The summed E-state index contributed by atoms with van der Waals surface area (Å²) in [6.07, 6.45) is 3.58. The van der Waals surface area contributed by atoms with Crippen molar-refractivity contribution in [2.24, 2.45) is 5.92 Å². The fraction of sp³-hybridized carbons (Fsp3) is 0.545. The van der Waals surface area contributed by atoms with Gasteiger partial charge in [-0.2, -0.15) is 0 Å². The molecule has 0 amide bonds. The number of nitrogens with zero attached hydrogens (tertiary/aromatic N) is 1. The minimum Gasteiger partial charge on any atom is -0.497 e. The Morgan fingerprint density at radius 2 is 1.57 bits per heavy atom. The number of benzene rings is 1. The molecule has 0 aliphatic carbocycles.